The highest BCUT2D eigenvalue weighted by molar-refractivity contribution is 6.35. The highest BCUT2D eigenvalue weighted by Gasteiger charge is 2.52. The SMILES string of the molecule is CCC1(C(=O)Oc2ccc(Cl)cc2Cl)CO1. The van der Waals surface area contributed by atoms with Crippen LogP contribution in [0.3, 0.4) is 0 Å². The van der Waals surface area contributed by atoms with Crippen LogP contribution in [0.5, 0.6) is 5.75 Å². The number of benzene rings is 1. The third-order valence-electron chi connectivity index (χ3n) is 2.53. The van der Waals surface area contributed by atoms with Crippen LogP contribution < -0.4 is 4.74 Å². The topological polar surface area (TPSA) is 38.8 Å². The van der Waals surface area contributed by atoms with Gasteiger partial charge in [-0.3, -0.25) is 0 Å². The molecule has 1 aliphatic heterocycles. The molecule has 0 radical (unpaired) electrons. The van der Waals surface area contributed by atoms with Gasteiger partial charge in [-0.1, -0.05) is 30.1 Å². The molecule has 1 saturated heterocycles. The lowest BCUT2D eigenvalue weighted by molar-refractivity contribution is -0.140. The molecule has 5 heteroatoms. The quantitative estimate of drug-likeness (QED) is 0.476. The van der Waals surface area contributed by atoms with Crippen molar-refractivity contribution in [1.82, 2.24) is 0 Å². The Morgan fingerprint density at radius 3 is 2.75 bits per heavy atom. The fourth-order valence-electron chi connectivity index (χ4n) is 1.30. The number of hydrogen-bond acceptors (Lipinski definition) is 3. The number of rotatable bonds is 3. The first-order valence-corrected chi connectivity index (χ1v) is 5.64. The number of esters is 1. The second-order valence-electron chi connectivity index (χ2n) is 3.60. The Bertz CT molecular complexity index is 427. The molecular formula is C11H10Cl2O3. The number of hydrogen-bond donors (Lipinski definition) is 0. The third-order valence-corrected chi connectivity index (χ3v) is 3.06. The van der Waals surface area contributed by atoms with E-state index in [9.17, 15) is 4.79 Å². The highest BCUT2D eigenvalue weighted by Crippen LogP contribution is 2.34. The summed E-state index contributed by atoms with van der Waals surface area (Å²) in [5, 5.41) is 0.811. The van der Waals surface area contributed by atoms with Crippen molar-refractivity contribution in [2.24, 2.45) is 0 Å². The van der Waals surface area contributed by atoms with Crippen LogP contribution in [0.4, 0.5) is 0 Å². The van der Waals surface area contributed by atoms with E-state index in [0.717, 1.165) is 0 Å². The second-order valence-corrected chi connectivity index (χ2v) is 4.44. The minimum atomic E-state index is -0.761. The summed E-state index contributed by atoms with van der Waals surface area (Å²) in [4.78, 5) is 11.7. The fraction of sp³-hybridized carbons (Fsp3) is 0.364. The fourth-order valence-corrected chi connectivity index (χ4v) is 1.75. The zero-order valence-corrected chi connectivity index (χ0v) is 10.1. The lowest BCUT2D eigenvalue weighted by atomic mass is 10.1. The standard InChI is InChI=1S/C11H10Cl2O3/c1-2-11(6-15-11)10(14)16-9-4-3-7(12)5-8(9)13/h3-5H,2,6H2,1H3. The molecule has 0 saturated carbocycles. The molecule has 1 aromatic rings. The zero-order valence-electron chi connectivity index (χ0n) is 8.63. The van der Waals surface area contributed by atoms with Crippen molar-refractivity contribution in [3.8, 4) is 5.75 Å². The van der Waals surface area contributed by atoms with Crippen LogP contribution in [-0.2, 0) is 9.53 Å². The van der Waals surface area contributed by atoms with Crippen LogP contribution in [-0.4, -0.2) is 18.2 Å². The molecule has 0 spiro atoms. The average Bonchev–Trinajstić information content (AvgIpc) is 3.03. The Labute approximate surface area is 103 Å². The molecule has 0 N–H and O–H groups in total. The van der Waals surface area contributed by atoms with Crippen LogP contribution in [0, 0.1) is 0 Å². The third kappa shape index (κ3) is 2.17. The van der Waals surface area contributed by atoms with Gasteiger partial charge in [0, 0.05) is 5.02 Å². The van der Waals surface area contributed by atoms with Crippen LogP contribution >= 0.6 is 23.2 Å². The maximum Gasteiger partial charge on any atom is 0.346 e. The zero-order chi connectivity index (χ0) is 11.8. The molecule has 3 nitrogen and oxygen atoms in total. The Hall–Kier alpha value is -0.770. The Balaban J connectivity index is 2.12. The van der Waals surface area contributed by atoms with Gasteiger partial charge in [0.2, 0.25) is 0 Å². The van der Waals surface area contributed by atoms with E-state index in [4.69, 9.17) is 32.7 Å². The molecule has 1 aliphatic rings. The molecule has 1 heterocycles. The predicted octanol–water partition coefficient (Wildman–Crippen LogP) is 3.08. The van der Waals surface area contributed by atoms with Gasteiger partial charge in [-0.2, -0.15) is 0 Å². The van der Waals surface area contributed by atoms with E-state index in [-0.39, 0.29) is 0 Å². The lowest BCUT2D eigenvalue weighted by Gasteiger charge is -2.10. The van der Waals surface area contributed by atoms with E-state index in [1.165, 1.54) is 6.07 Å². The van der Waals surface area contributed by atoms with Gasteiger partial charge in [-0.15, -0.1) is 0 Å². The van der Waals surface area contributed by atoms with E-state index < -0.39 is 11.6 Å². The number of carbonyl (C=O) groups excluding carboxylic acids is 1. The summed E-state index contributed by atoms with van der Waals surface area (Å²) >= 11 is 11.6. The molecule has 1 fully saturated rings. The first-order valence-electron chi connectivity index (χ1n) is 4.89. The van der Waals surface area contributed by atoms with Gasteiger partial charge < -0.3 is 9.47 Å². The van der Waals surface area contributed by atoms with Gasteiger partial charge in [0.1, 0.15) is 5.75 Å². The van der Waals surface area contributed by atoms with Crippen molar-refractivity contribution >= 4 is 29.2 Å². The molecule has 1 unspecified atom stereocenters. The maximum absolute atomic E-state index is 11.7. The lowest BCUT2D eigenvalue weighted by Crippen LogP contribution is -2.28. The summed E-state index contributed by atoms with van der Waals surface area (Å²) in [5.41, 5.74) is -0.761. The average molecular weight is 261 g/mol. The molecular weight excluding hydrogens is 251 g/mol. The molecule has 1 atom stereocenters. The number of ether oxygens (including phenoxy) is 2. The maximum atomic E-state index is 11.7. The van der Waals surface area contributed by atoms with Gasteiger partial charge in [0.15, 0.2) is 5.60 Å². The highest BCUT2D eigenvalue weighted by atomic mass is 35.5. The summed E-state index contributed by atoms with van der Waals surface area (Å²) < 4.78 is 10.3. The molecule has 0 aliphatic carbocycles. The normalized spacial score (nSPS) is 22.9. The van der Waals surface area contributed by atoms with Crippen LogP contribution in [0.2, 0.25) is 10.0 Å². The van der Waals surface area contributed by atoms with Crippen LogP contribution in [0.15, 0.2) is 18.2 Å². The van der Waals surface area contributed by atoms with Crippen molar-refractivity contribution in [1.29, 1.82) is 0 Å². The van der Waals surface area contributed by atoms with E-state index in [1.807, 2.05) is 6.92 Å². The van der Waals surface area contributed by atoms with Crippen molar-refractivity contribution < 1.29 is 14.3 Å². The summed E-state index contributed by atoms with van der Waals surface area (Å²) in [7, 11) is 0. The molecule has 0 aromatic heterocycles. The Morgan fingerprint density at radius 1 is 1.56 bits per heavy atom. The van der Waals surface area contributed by atoms with E-state index >= 15 is 0 Å². The number of epoxide rings is 1. The summed E-state index contributed by atoms with van der Waals surface area (Å²) in [6.07, 6.45) is 0.594. The largest absolute Gasteiger partial charge is 0.423 e. The molecule has 16 heavy (non-hydrogen) atoms. The van der Waals surface area contributed by atoms with Gasteiger partial charge in [-0.25, -0.2) is 4.79 Å². The monoisotopic (exact) mass is 260 g/mol. The summed E-state index contributed by atoms with van der Waals surface area (Å²) in [5.74, 6) is -0.0985. The minimum Gasteiger partial charge on any atom is -0.423 e. The van der Waals surface area contributed by atoms with Gasteiger partial charge in [0.05, 0.1) is 11.6 Å². The molecule has 1 aromatic carbocycles. The Morgan fingerprint density at radius 2 is 2.25 bits per heavy atom. The summed E-state index contributed by atoms with van der Waals surface area (Å²) in [6.45, 7) is 2.28. The van der Waals surface area contributed by atoms with Crippen molar-refractivity contribution in [3.63, 3.8) is 0 Å². The first kappa shape index (κ1) is 11.7. The summed E-state index contributed by atoms with van der Waals surface area (Å²) in [6, 6.07) is 4.70. The molecule has 2 rings (SSSR count). The molecule has 0 bridgehead atoms. The van der Waals surface area contributed by atoms with E-state index in [0.29, 0.717) is 28.8 Å². The van der Waals surface area contributed by atoms with Crippen molar-refractivity contribution in [2.45, 2.75) is 18.9 Å². The number of halogens is 2. The first-order chi connectivity index (χ1) is 7.57. The number of carbonyl (C=O) groups is 1. The van der Waals surface area contributed by atoms with Crippen molar-refractivity contribution in [2.75, 3.05) is 6.61 Å². The van der Waals surface area contributed by atoms with Gasteiger partial charge in [-0.05, 0) is 24.6 Å². The van der Waals surface area contributed by atoms with Crippen LogP contribution in [0.1, 0.15) is 13.3 Å². The second kappa shape index (κ2) is 4.24. The van der Waals surface area contributed by atoms with E-state index in [2.05, 4.69) is 0 Å². The van der Waals surface area contributed by atoms with E-state index in [1.54, 1.807) is 12.1 Å². The Kier molecular flexibility index (Phi) is 3.10. The van der Waals surface area contributed by atoms with Gasteiger partial charge >= 0.3 is 5.97 Å². The minimum absolute atomic E-state index is 0.305. The molecule has 0 amide bonds. The predicted molar refractivity (Wildman–Crippen MR) is 61.1 cm³/mol. The van der Waals surface area contributed by atoms with Crippen molar-refractivity contribution in [3.05, 3.63) is 28.2 Å². The van der Waals surface area contributed by atoms with Crippen LogP contribution in [0.25, 0.3) is 0 Å². The van der Waals surface area contributed by atoms with Gasteiger partial charge in [0.25, 0.3) is 0 Å². The molecule has 86 valence electrons. The smallest absolute Gasteiger partial charge is 0.346 e.